The minimum atomic E-state index is -2.91. The van der Waals surface area contributed by atoms with Crippen LogP contribution in [0.25, 0.3) is 0 Å². The van der Waals surface area contributed by atoms with Gasteiger partial charge in [0.15, 0.2) is 0 Å². The first-order valence-electron chi connectivity index (χ1n) is 5.58. The predicted molar refractivity (Wildman–Crippen MR) is 61.7 cm³/mol. The minimum absolute atomic E-state index is 0.0415. The number of hydrogen-bond donors (Lipinski definition) is 1. The molecule has 18 heavy (non-hydrogen) atoms. The van der Waals surface area contributed by atoms with Crippen LogP contribution < -0.4 is 0 Å². The summed E-state index contributed by atoms with van der Waals surface area (Å²) in [4.78, 5) is 18.2. The topological polar surface area (TPSA) is 63.1 Å². The standard InChI is InChI=1S/C12H16F2N2O2/c1-12(2,3)5-4-8-15-6-7(11(17)18)9(16-8)10(13)14/h6,10H,4-5H2,1-3H3,(H,17,18). The van der Waals surface area contributed by atoms with Crippen LogP contribution in [0.4, 0.5) is 8.78 Å². The third kappa shape index (κ3) is 4.01. The second-order valence-electron chi connectivity index (χ2n) is 5.25. The van der Waals surface area contributed by atoms with Crippen molar-refractivity contribution in [1.29, 1.82) is 0 Å². The number of carboxylic acids is 1. The summed E-state index contributed by atoms with van der Waals surface area (Å²) in [5, 5.41) is 8.75. The number of halogens is 2. The van der Waals surface area contributed by atoms with E-state index in [2.05, 4.69) is 9.97 Å². The number of hydrogen-bond acceptors (Lipinski definition) is 3. The highest BCUT2D eigenvalue weighted by molar-refractivity contribution is 5.88. The van der Waals surface area contributed by atoms with Crippen LogP contribution in [0.3, 0.4) is 0 Å². The van der Waals surface area contributed by atoms with Crippen LogP contribution in [0.2, 0.25) is 0 Å². The molecule has 0 unspecified atom stereocenters. The number of alkyl halides is 2. The largest absolute Gasteiger partial charge is 0.478 e. The highest BCUT2D eigenvalue weighted by Crippen LogP contribution is 2.23. The van der Waals surface area contributed by atoms with E-state index in [4.69, 9.17) is 5.11 Å². The van der Waals surface area contributed by atoms with Crippen LogP contribution in [0.5, 0.6) is 0 Å². The van der Waals surface area contributed by atoms with E-state index in [1.807, 2.05) is 20.8 Å². The third-order valence-corrected chi connectivity index (χ3v) is 2.40. The fourth-order valence-corrected chi connectivity index (χ4v) is 1.37. The first kappa shape index (κ1) is 14.5. The predicted octanol–water partition coefficient (Wildman–Crippen LogP) is 3.09. The van der Waals surface area contributed by atoms with Gasteiger partial charge >= 0.3 is 5.97 Å². The van der Waals surface area contributed by atoms with E-state index < -0.39 is 23.7 Å². The van der Waals surface area contributed by atoms with Crippen molar-refractivity contribution >= 4 is 5.97 Å². The van der Waals surface area contributed by atoms with Crippen molar-refractivity contribution in [1.82, 2.24) is 9.97 Å². The van der Waals surface area contributed by atoms with Gasteiger partial charge in [-0.2, -0.15) is 0 Å². The van der Waals surface area contributed by atoms with Gasteiger partial charge in [0.05, 0.1) is 0 Å². The van der Waals surface area contributed by atoms with Crippen molar-refractivity contribution in [2.75, 3.05) is 0 Å². The Morgan fingerprint density at radius 3 is 2.50 bits per heavy atom. The zero-order valence-electron chi connectivity index (χ0n) is 10.6. The Hall–Kier alpha value is -1.59. The average Bonchev–Trinajstić information content (AvgIpc) is 2.24. The summed E-state index contributed by atoms with van der Waals surface area (Å²) in [6, 6.07) is 0. The Labute approximate surface area is 104 Å². The Bertz CT molecular complexity index is 442. The molecule has 6 heteroatoms. The molecule has 0 radical (unpaired) electrons. The van der Waals surface area contributed by atoms with Crippen molar-refractivity contribution in [3.05, 3.63) is 23.3 Å². The van der Waals surface area contributed by atoms with Gasteiger partial charge < -0.3 is 5.11 Å². The summed E-state index contributed by atoms with van der Waals surface area (Å²) < 4.78 is 25.4. The van der Waals surface area contributed by atoms with Crippen LogP contribution in [0.1, 0.15) is 55.5 Å². The molecule has 0 saturated carbocycles. The Kier molecular flexibility index (Phi) is 4.32. The number of nitrogens with zero attached hydrogens (tertiary/aromatic N) is 2. The number of aryl methyl sites for hydroxylation is 1. The number of aromatic nitrogens is 2. The van der Waals surface area contributed by atoms with Crippen LogP contribution in [-0.4, -0.2) is 21.0 Å². The molecule has 0 spiro atoms. The lowest BCUT2D eigenvalue weighted by molar-refractivity contribution is 0.0681. The molecule has 100 valence electrons. The van der Waals surface area contributed by atoms with Crippen LogP contribution in [0, 0.1) is 5.41 Å². The van der Waals surface area contributed by atoms with Crippen molar-refractivity contribution in [2.24, 2.45) is 5.41 Å². The summed E-state index contributed by atoms with van der Waals surface area (Å²) in [6.07, 6.45) is -0.771. The molecule has 0 aliphatic carbocycles. The number of rotatable bonds is 4. The Morgan fingerprint density at radius 2 is 2.06 bits per heavy atom. The van der Waals surface area contributed by atoms with Gasteiger partial charge in [-0.3, -0.25) is 0 Å². The van der Waals surface area contributed by atoms with Gasteiger partial charge in [-0.15, -0.1) is 0 Å². The minimum Gasteiger partial charge on any atom is -0.478 e. The summed E-state index contributed by atoms with van der Waals surface area (Å²) in [7, 11) is 0. The van der Waals surface area contributed by atoms with Crippen LogP contribution in [0.15, 0.2) is 6.20 Å². The Balaban J connectivity index is 2.97. The molecule has 1 aromatic heterocycles. The maximum absolute atomic E-state index is 12.7. The molecule has 0 amide bonds. The Morgan fingerprint density at radius 1 is 1.44 bits per heavy atom. The zero-order valence-corrected chi connectivity index (χ0v) is 10.6. The quantitative estimate of drug-likeness (QED) is 0.901. The summed E-state index contributed by atoms with van der Waals surface area (Å²) >= 11 is 0. The van der Waals surface area contributed by atoms with Crippen molar-refractivity contribution in [3.8, 4) is 0 Å². The fourth-order valence-electron chi connectivity index (χ4n) is 1.37. The highest BCUT2D eigenvalue weighted by Gasteiger charge is 2.21. The first-order chi connectivity index (χ1) is 8.20. The monoisotopic (exact) mass is 258 g/mol. The van der Waals surface area contributed by atoms with E-state index in [0.717, 1.165) is 12.6 Å². The summed E-state index contributed by atoms with van der Waals surface area (Å²) in [6.45, 7) is 6.06. The SMILES string of the molecule is CC(C)(C)CCc1ncc(C(=O)O)c(C(F)F)n1. The summed E-state index contributed by atoms with van der Waals surface area (Å²) in [5.41, 5.74) is -1.20. The van der Waals surface area contributed by atoms with E-state index in [-0.39, 0.29) is 11.2 Å². The van der Waals surface area contributed by atoms with E-state index in [1.165, 1.54) is 0 Å². The molecule has 0 saturated heterocycles. The molecular formula is C12H16F2N2O2. The van der Waals surface area contributed by atoms with E-state index in [9.17, 15) is 13.6 Å². The number of carbonyl (C=O) groups is 1. The third-order valence-electron chi connectivity index (χ3n) is 2.40. The number of carboxylic acid groups (broad SMARTS) is 1. The normalized spacial score (nSPS) is 11.9. The van der Waals surface area contributed by atoms with Crippen molar-refractivity contribution < 1.29 is 18.7 Å². The lowest BCUT2D eigenvalue weighted by Gasteiger charge is -2.17. The second-order valence-corrected chi connectivity index (χ2v) is 5.25. The van der Waals surface area contributed by atoms with Gasteiger partial charge in [0.1, 0.15) is 17.1 Å². The van der Waals surface area contributed by atoms with Gasteiger partial charge in [0, 0.05) is 12.6 Å². The van der Waals surface area contributed by atoms with Gasteiger partial charge in [-0.05, 0) is 11.8 Å². The molecular weight excluding hydrogens is 242 g/mol. The molecule has 1 heterocycles. The molecule has 0 aliphatic heterocycles. The van der Waals surface area contributed by atoms with Gasteiger partial charge in [0.25, 0.3) is 6.43 Å². The van der Waals surface area contributed by atoms with E-state index in [1.54, 1.807) is 0 Å². The van der Waals surface area contributed by atoms with E-state index >= 15 is 0 Å². The molecule has 0 atom stereocenters. The second kappa shape index (κ2) is 5.37. The molecule has 0 bridgehead atoms. The highest BCUT2D eigenvalue weighted by atomic mass is 19.3. The lowest BCUT2D eigenvalue weighted by Crippen LogP contribution is -2.12. The smallest absolute Gasteiger partial charge is 0.339 e. The fraction of sp³-hybridized carbons (Fsp3) is 0.583. The molecule has 0 aromatic carbocycles. The molecule has 0 fully saturated rings. The van der Waals surface area contributed by atoms with Crippen molar-refractivity contribution in [2.45, 2.75) is 40.0 Å². The van der Waals surface area contributed by atoms with Crippen LogP contribution >= 0.6 is 0 Å². The number of aromatic carboxylic acids is 1. The maximum Gasteiger partial charge on any atom is 0.339 e. The van der Waals surface area contributed by atoms with Gasteiger partial charge in [0.2, 0.25) is 0 Å². The lowest BCUT2D eigenvalue weighted by atomic mass is 9.90. The molecule has 4 nitrogen and oxygen atoms in total. The zero-order chi connectivity index (χ0) is 13.9. The van der Waals surface area contributed by atoms with Crippen LogP contribution in [-0.2, 0) is 6.42 Å². The molecule has 0 aliphatic rings. The van der Waals surface area contributed by atoms with E-state index in [0.29, 0.717) is 6.42 Å². The molecule has 1 rings (SSSR count). The average molecular weight is 258 g/mol. The van der Waals surface area contributed by atoms with Gasteiger partial charge in [-0.25, -0.2) is 23.5 Å². The summed E-state index contributed by atoms with van der Waals surface area (Å²) in [5.74, 6) is -1.18. The molecule has 1 N–H and O–H groups in total. The van der Waals surface area contributed by atoms with Gasteiger partial charge in [-0.1, -0.05) is 20.8 Å². The molecule has 1 aromatic rings. The maximum atomic E-state index is 12.7. The van der Waals surface area contributed by atoms with Crippen molar-refractivity contribution in [3.63, 3.8) is 0 Å². The first-order valence-corrected chi connectivity index (χ1v) is 5.58.